The number of amides is 1. The Labute approximate surface area is 142 Å². The van der Waals surface area contributed by atoms with Gasteiger partial charge in [-0.15, -0.1) is 0 Å². The Hall–Kier alpha value is -2.24. The number of rotatable bonds is 4. The Morgan fingerprint density at radius 2 is 1.88 bits per heavy atom. The first-order valence-electron chi connectivity index (χ1n) is 8.07. The number of likely N-dealkylation sites (tertiary alicyclic amines) is 1. The van der Waals surface area contributed by atoms with Crippen LogP contribution in [-0.2, 0) is 20.7 Å². The van der Waals surface area contributed by atoms with E-state index in [1.54, 1.807) is 4.90 Å². The molecule has 0 aliphatic carbocycles. The minimum absolute atomic E-state index is 0.0519. The molecule has 0 bridgehead atoms. The smallest absolute Gasteiger partial charge is 0.410 e. The molecular weight excluding hydrogens is 310 g/mol. The SMILES string of the molecule is COC(=O)Cc1ccc(O[C@H]2CCN(C(=O)OC(C)(C)C)C2)cc1. The molecule has 1 aromatic rings. The number of hydrogen-bond donors (Lipinski definition) is 0. The van der Waals surface area contributed by atoms with Crippen molar-refractivity contribution >= 4 is 12.1 Å². The van der Waals surface area contributed by atoms with E-state index in [1.807, 2.05) is 45.0 Å². The number of methoxy groups -OCH3 is 1. The molecule has 1 amide bonds. The molecule has 1 fully saturated rings. The van der Waals surface area contributed by atoms with Crippen LogP contribution in [0.15, 0.2) is 24.3 Å². The predicted octanol–water partition coefficient (Wildman–Crippen LogP) is 2.79. The van der Waals surface area contributed by atoms with Crippen LogP contribution in [0.5, 0.6) is 5.75 Å². The monoisotopic (exact) mass is 335 g/mol. The van der Waals surface area contributed by atoms with E-state index in [0.717, 1.165) is 17.7 Å². The van der Waals surface area contributed by atoms with Gasteiger partial charge in [-0.1, -0.05) is 12.1 Å². The second-order valence-corrected chi connectivity index (χ2v) is 6.85. The van der Waals surface area contributed by atoms with Gasteiger partial charge in [0, 0.05) is 13.0 Å². The molecule has 1 heterocycles. The number of benzene rings is 1. The van der Waals surface area contributed by atoms with Crippen LogP contribution < -0.4 is 4.74 Å². The quantitative estimate of drug-likeness (QED) is 0.792. The molecule has 132 valence electrons. The fraction of sp³-hybridized carbons (Fsp3) is 0.556. The third-order valence-corrected chi connectivity index (χ3v) is 3.60. The lowest BCUT2D eigenvalue weighted by atomic mass is 10.1. The van der Waals surface area contributed by atoms with Crippen molar-refractivity contribution in [3.8, 4) is 5.75 Å². The highest BCUT2D eigenvalue weighted by Gasteiger charge is 2.30. The minimum Gasteiger partial charge on any atom is -0.489 e. The lowest BCUT2D eigenvalue weighted by Crippen LogP contribution is -2.36. The second-order valence-electron chi connectivity index (χ2n) is 6.85. The van der Waals surface area contributed by atoms with Gasteiger partial charge in [-0.25, -0.2) is 4.79 Å². The van der Waals surface area contributed by atoms with Gasteiger partial charge in [0.2, 0.25) is 0 Å². The lowest BCUT2D eigenvalue weighted by molar-refractivity contribution is -0.139. The fourth-order valence-corrected chi connectivity index (χ4v) is 2.43. The summed E-state index contributed by atoms with van der Waals surface area (Å²) in [5.41, 5.74) is 0.377. The standard InChI is InChI=1S/C18H25NO5/c1-18(2,3)24-17(21)19-10-9-15(12-19)23-14-7-5-13(6-8-14)11-16(20)22-4/h5-8,15H,9-12H2,1-4H3/t15-/m0/s1. The van der Waals surface area contributed by atoms with Gasteiger partial charge >= 0.3 is 12.1 Å². The molecule has 6 heteroatoms. The summed E-state index contributed by atoms with van der Waals surface area (Å²) < 4.78 is 15.9. The molecule has 6 nitrogen and oxygen atoms in total. The molecule has 0 N–H and O–H groups in total. The number of hydrogen-bond acceptors (Lipinski definition) is 5. The van der Waals surface area contributed by atoms with Crippen LogP contribution in [0.2, 0.25) is 0 Å². The molecule has 1 aliphatic rings. The summed E-state index contributed by atoms with van der Waals surface area (Å²) in [7, 11) is 1.37. The molecule has 2 rings (SSSR count). The minimum atomic E-state index is -0.495. The zero-order chi connectivity index (χ0) is 17.7. The average molecular weight is 335 g/mol. The van der Waals surface area contributed by atoms with Crippen LogP contribution in [0.1, 0.15) is 32.8 Å². The first-order chi connectivity index (χ1) is 11.3. The molecule has 1 saturated heterocycles. The van der Waals surface area contributed by atoms with Gasteiger partial charge in [-0.2, -0.15) is 0 Å². The van der Waals surface area contributed by atoms with Crippen LogP contribution in [0.3, 0.4) is 0 Å². The van der Waals surface area contributed by atoms with Gasteiger partial charge in [-0.3, -0.25) is 4.79 Å². The number of esters is 1. The number of ether oxygens (including phenoxy) is 3. The molecule has 1 aromatic carbocycles. The number of carbonyl (C=O) groups excluding carboxylic acids is 2. The zero-order valence-corrected chi connectivity index (χ0v) is 14.7. The van der Waals surface area contributed by atoms with Crippen LogP contribution in [0, 0.1) is 0 Å². The maximum Gasteiger partial charge on any atom is 0.410 e. The lowest BCUT2D eigenvalue weighted by Gasteiger charge is -2.24. The second kappa shape index (κ2) is 7.55. The maximum absolute atomic E-state index is 12.0. The fourth-order valence-electron chi connectivity index (χ4n) is 2.43. The van der Waals surface area contributed by atoms with Crippen molar-refractivity contribution in [3.05, 3.63) is 29.8 Å². The van der Waals surface area contributed by atoms with E-state index >= 15 is 0 Å². The summed E-state index contributed by atoms with van der Waals surface area (Å²) in [5.74, 6) is 0.451. The summed E-state index contributed by atoms with van der Waals surface area (Å²) in [4.78, 5) is 24.9. The van der Waals surface area contributed by atoms with E-state index in [4.69, 9.17) is 9.47 Å². The first-order valence-corrected chi connectivity index (χ1v) is 8.07. The maximum atomic E-state index is 12.0. The summed E-state index contributed by atoms with van der Waals surface area (Å²) >= 11 is 0. The summed E-state index contributed by atoms with van der Waals surface area (Å²) in [6.45, 7) is 6.69. The van der Waals surface area contributed by atoms with E-state index in [9.17, 15) is 9.59 Å². The van der Waals surface area contributed by atoms with E-state index < -0.39 is 5.60 Å². The molecule has 0 radical (unpaired) electrons. The van der Waals surface area contributed by atoms with Gasteiger partial charge in [0.1, 0.15) is 17.5 Å². The highest BCUT2D eigenvalue weighted by Crippen LogP contribution is 2.21. The first kappa shape index (κ1) is 18.1. The Kier molecular flexibility index (Phi) is 5.70. The van der Waals surface area contributed by atoms with Gasteiger partial charge in [0.05, 0.1) is 20.1 Å². The highest BCUT2D eigenvalue weighted by atomic mass is 16.6. The summed E-state index contributed by atoms with van der Waals surface area (Å²) in [6, 6.07) is 7.34. The Morgan fingerprint density at radius 1 is 1.21 bits per heavy atom. The zero-order valence-electron chi connectivity index (χ0n) is 14.7. The third-order valence-electron chi connectivity index (χ3n) is 3.60. The Bertz CT molecular complexity index is 576. The summed E-state index contributed by atoms with van der Waals surface area (Å²) in [5, 5.41) is 0. The van der Waals surface area contributed by atoms with Gasteiger partial charge in [0.15, 0.2) is 0 Å². The highest BCUT2D eigenvalue weighted by molar-refractivity contribution is 5.72. The van der Waals surface area contributed by atoms with Crippen molar-refractivity contribution in [1.82, 2.24) is 4.90 Å². The Balaban J connectivity index is 1.84. The molecule has 0 saturated carbocycles. The van der Waals surface area contributed by atoms with E-state index in [0.29, 0.717) is 13.1 Å². The predicted molar refractivity (Wildman–Crippen MR) is 89.0 cm³/mol. The van der Waals surface area contributed by atoms with Crippen LogP contribution in [0.25, 0.3) is 0 Å². The van der Waals surface area contributed by atoms with E-state index in [1.165, 1.54) is 7.11 Å². The number of nitrogens with zero attached hydrogens (tertiary/aromatic N) is 1. The molecular formula is C18H25NO5. The normalized spacial score (nSPS) is 17.5. The molecule has 1 atom stereocenters. The van der Waals surface area contributed by atoms with Crippen molar-refractivity contribution < 1.29 is 23.8 Å². The van der Waals surface area contributed by atoms with Gasteiger partial charge in [-0.05, 0) is 38.5 Å². The third kappa shape index (κ3) is 5.44. The Morgan fingerprint density at radius 3 is 2.46 bits per heavy atom. The van der Waals surface area contributed by atoms with E-state index in [-0.39, 0.29) is 24.6 Å². The van der Waals surface area contributed by atoms with Gasteiger partial charge < -0.3 is 19.1 Å². The molecule has 24 heavy (non-hydrogen) atoms. The topological polar surface area (TPSA) is 65.1 Å². The molecule has 1 aliphatic heterocycles. The van der Waals surface area contributed by atoms with Crippen LogP contribution in [0.4, 0.5) is 4.79 Å². The van der Waals surface area contributed by atoms with Crippen molar-refractivity contribution in [2.45, 2.75) is 45.3 Å². The van der Waals surface area contributed by atoms with Crippen LogP contribution >= 0.6 is 0 Å². The number of carbonyl (C=O) groups is 2. The van der Waals surface area contributed by atoms with Crippen molar-refractivity contribution in [2.24, 2.45) is 0 Å². The average Bonchev–Trinajstić information content (AvgIpc) is 2.96. The largest absolute Gasteiger partial charge is 0.489 e. The van der Waals surface area contributed by atoms with Crippen molar-refractivity contribution in [2.75, 3.05) is 20.2 Å². The molecule has 0 unspecified atom stereocenters. The van der Waals surface area contributed by atoms with Crippen molar-refractivity contribution in [3.63, 3.8) is 0 Å². The van der Waals surface area contributed by atoms with E-state index in [2.05, 4.69) is 4.74 Å². The van der Waals surface area contributed by atoms with Gasteiger partial charge in [0.25, 0.3) is 0 Å². The molecule has 0 spiro atoms. The summed E-state index contributed by atoms with van der Waals surface area (Å²) in [6.07, 6.45) is 0.654. The van der Waals surface area contributed by atoms with Crippen molar-refractivity contribution in [1.29, 1.82) is 0 Å². The molecule has 0 aromatic heterocycles. The van der Waals surface area contributed by atoms with Crippen LogP contribution in [-0.4, -0.2) is 48.9 Å².